The van der Waals surface area contributed by atoms with Gasteiger partial charge in [0.2, 0.25) is 0 Å². The zero-order chi connectivity index (χ0) is 22.4. The molecule has 0 heterocycles. The minimum atomic E-state index is -3.92. The quantitative estimate of drug-likeness (QED) is 0.630. The molecule has 0 bridgehead atoms. The largest absolute Gasteiger partial charge is 0.271 e. The second kappa shape index (κ2) is 10.1. The Morgan fingerprint density at radius 3 is 2.19 bits per heavy atom. The fourth-order valence-corrected chi connectivity index (χ4v) is 4.98. The highest BCUT2D eigenvalue weighted by molar-refractivity contribution is 7.92. The number of sulfonamides is 1. The topological polar surface area (TPSA) is 78.8 Å². The number of anilines is 1. The van der Waals surface area contributed by atoms with Crippen LogP contribution in [0.5, 0.6) is 0 Å². The lowest BCUT2D eigenvalue weighted by atomic mass is 9.99. The molecule has 1 aliphatic rings. The van der Waals surface area contributed by atoms with E-state index in [-0.39, 0.29) is 11.4 Å². The standard InChI is InChI=1S/C24H31N3O3S/c1-18(2)20-11-13-22(14-12-20)27(31(29,30)23-15-9-19(3)10-16-23)17-24(28)26-25-21-7-5-4-6-8-21/h9-16,18H,4-8,17H2,1-3H3,(H,26,28). The monoisotopic (exact) mass is 441 g/mol. The van der Waals surface area contributed by atoms with Gasteiger partial charge in [-0.2, -0.15) is 5.10 Å². The summed E-state index contributed by atoms with van der Waals surface area (Å²) in [6.45, 7) is 5.71. The molecule has 0 aliphatic heterocycles. The maximum atomic E-state index is 13.4. The number of nitrogens with zero attached hydrogens (tertiary/aromatic N) is 2. The summed E-state index contributed by atoms with van der Waals surface area (Å²) >= 11 is 0. The average Bonchev–Trinajstić information content (AvgIpc) is 2.77. The summed E-state index contributed by atoms with van der Waals surface area (Å²) in [5, 5.41) is 4.23. The van der Waals surface area contributed by atoms with Crippen LogP contribution < -0.4 is 9.73 Å². The summed E-state index contributed by atoms with van der Waals surface area (Å²) in [5.41, 5.74) is 6.04. The molecule has 0 radical (unpaired) electrons. The third-order valence-corrected chi connectivity index (χ3v) is 7.30. The van der Waals surface area contributed by atoms with Crippen molar-refractivity contribution in [2.75, 3.05) is 10.8 Å². The summed E-state index contributed by atoms with van der Waals surface area (Å²) < 4.78 is 28.0. The minimum Gasteiger partial charge on any atom is -0.271 e. The first-order valence-electron chi connectivity index (χ1n) is 10.8. The highest BCUT2D eigenvalue weighted by Crippen LogP contribution is 2.26. The van der Waals surface area contributed by atoms with Crippen molar-refractivity contribution in [2.45, 2.75) is 63.7 Å². The molecule has 1 fully saturated rings. The van der Waals surface area contributed by atoms with Gasteiger partial charge in [0, 0.05) is 5.71 Å². The van der Waals surface area contributed by atoms with Gasteiger partial charge in [-0.3, -0.25) is 9.10 Å². The van der Waals surface area contributed by atoms with E-state index in [2.05, 4.69) is 24.4 Å². The molecule has 2 aromatic rings. The second-order valence-corrected chi connectivity index (χ2v) is 10.2. The number of nitrogens with one attached hydrogen (secondary N) is 1. The fourth-order valence-electron chi connectivity index (χ4n) is 3.56. The Labute approximate surface area is 185 Å². The first-order valence-corrected chi connectivity index (χ1v) is 12.2. The average molecular weight is 442 g/mol. The van der Waals surface area contributed by atoms with Crippen molar-refractivity contribution in [3.05, 3.63) is 59.7 Å². The van der Waals surface area contributed by atoms with Gasteiger partial charge < -0.3 is 0 Å². The lowest BCUT2D eigenvalue weighted by Crippen LogP contribution is -2.39. The first kappa shape index (κ1) is 23.0. The van der Waals surface area contributed by atoms with Crippen LogP contribution in [0.3, 0.4) is 0 Å². The number of amides is 1. The Bertz CT molecular complexity index is 1020. The van der Waals surface area contributed by atoms with E-state index in [9.17, 15) is 13.2 Å². The lowest BCUT2D eigenvalue weighted by molar-refractivity contribution is -0.119. The third kappa shape index (κ3) is 5.94. The van der Waals surface area contributed by atoms with Crippen LogP contribution in [0.25, 0.3) is 0 Å². The molecule has 1 aliphatic carbocycles. The molecule has 0 unspecified atom stereocenters. The Morgan fingerprint density at radius 1 is 1.00 bits per heavy atom. The molecule has 2 aromatic carbocycles. The molecule has 0 atom stereocenters. The zero-order valence-electron chi connectivity index (χ0n) is 18.5. The highest BCUT2D eigenvalue weighted by atomic mass is 32.2. The molecule has 0 saturated heterocycles. The van der Waals surface area contributed by atoms with Crippen LogP contribution in [0.1, 0.15) is 63.0 Å². The van der Waals surface area contributed by atoms with E-state index in [0.717, 1.165) is 46.8 Å². The van der Waals surface area contributed by atoms with E-state index in [1.165, 1.54) is 6.42 Å². The SMILES string of the molecule is Cc1ccc(S(=O)(=O)N(CC(=O)NN=C2CCCCC2)c2ccc(C(C)C)cc2)cc1. The number of rotatable bonds is 7. The Balaban J connectivity index is 1.88. The number of carbonyl (C=O) groups is 1. The van der Waals surface area contributed by atoms with Crippen molar-refractivity contribution in [1.29, 1.82) is 0 Å². The Kier molecular flexibility index (Phi) is 7.49. The smallest absolute Gasteiger partial charge is 0.264 e. The van der Waals surface area contributed by atoms with Gasteiger partial charge in [0.1, 0.15) is 6.54 Å². The summed E-state index contributed by atoms with van der Waals surface area (Å²) in [6.07, 6.45) is 5.09. The van der Waals surface area contributed by atoms with E-state index in [4.69, 9.17) is 0 Å². The molecule has 1 N–H and O–H groups in total. The van der Waals surface area contributed by atoms with Gasteiger partial charge in [-0.05, 0) is 68.4 Å². The van der Waals surface area contributed by atoms with E-state index < -0.39 is 15.9 Å². The van der Waals surface area contributed by atoms with Crippen LogP contribution in [-0.4, -0.2) is 26.6 Å². The van der Waals surface area contributed by atoms with E-state index >= 15 is 0 Å². The molecule has 1 amide bonds. The second-order valence-electron chi connectivity index (χ2n) is 8.34. The molecular formula is C24H31N3O3S. The van der Waals surface area contributed by atoms with Gasteiger partial charge in [-0.1, -0.05) is 50.1 Å². The van der Waals surface area contributed by atoms with E-state index in [1.807, 2.05) is 19.1 Å². The maximum Gasteiger partial charge on any atom is 0.264 e. The minimum absolute atomic E-state index is 0.150. The molecule has 6 nitrogen and oxygen atoms in total. The van der Waals surface area contributed by atoms with E-state index in [1.54, 1.807) is 36.4 Å². The van der Waals surface area contributed by atoms with E-state index in [0.29, 0.717) is 11.6 Å². The van der Waals surface area contributed by atoms with Crippen molar-refractivity contribution >= 4 is 27.3 Å². The van der Waals surface area contributed by atoms with Crippen LogP contribution >= 0.6 is 0 Å². The Morgan fingerprint density at radius 2 is 1.61 bits per heavy atom. The molecular weight excluding hydrogens is 410 g/mol. The molecule has 0 aromatic heterocycles. The van der Waals surface area contributed by atoms with Crippen LogP contribution in [0.4, 0.5) is 5.69 Å². The highest BCUT2D eigenvalue weighted by Gasteiger charge is 2.27. The molecule has 0 spiro atoms. The maximum absolute atomic E-state index is 13.4. The summed E-state index contributed by atoms with van der Waals surface area (Å²) in [7, 11) is -3.92. The van der Waals surface area contributed by atoms with Crippen molar-refractivity contribution in [2.24, 2.45) is 5.10 Å². The van der Waals surface area contributed by atoms with Crippen LogP contribution in [0.2, 0.25) is 0 Å². The molecule has 1 saturated carbocycles. The van der Waals surface area contributed by atoms with Crippen LogP contribution in [0, 0.1) is 6.92 Å². The van der Waals surface area contributed by atoms with Gasteiger partial charge in [0.15, 0.2) is 0 Å². The molecule has 31 heavy (non-hydrogen) atoms. The van der Waals surface area contributed by atoms with Gasteiger partial charge in [-0.15, -0.1) is 0 Å². The summed E-state index contributed by atoms with van der Waals surface area (Å²) in [4.78, 5) is 12.8. The predicted octanol–water partition coefficient (Wildman–Crippen LogP) is 4.75. The van der Waals surface area contributed by atoms with Crippen molar-refractivity contribution in [3.8, 4) is 0 Å². The summed E-state index contributed by atoms with van der Waals surface area (Å²) in [5.74, 6) is -0.132. The predicted molar refractivity (Wildman–Crippen MR) is 125 cm³/mol. The van der Waals surface area contributed by atoms with Crippen molar-refractivity contribution in [3.63, 3.8) is 0 Å². The molecule has 7 heteroatoms. The van der Waals surface area contributed by atoms with Gasteiger partial charge >= 0.3 is 0 Å². The van der Waals surface area contributed by atoms with Crippen LogP contribution in [-0.2, 0) is 14.8 Å². The van der Waals surface area contributed by atoms with Gasteiger partial charge in [0.25, 0.3) is 15.9 Å². The summed E-state index contributed by atoms with van der Waals surface area (Å²) in [6, 6.07) is 13.9. The third-order valence-electron chi connectivity index (χ3n) is 5.51. The number of benzene rings is 2. The van der Waals surface area contributed by atoms with Crippen molar-refractivity contribution in [1.82, 2.24) is 5.43 Å². The first-order chi connectivity index (χ1) is 14.8. The van der Waals surface area contributed by atoms with Gasteiger partial charge in [-0.25, -0.2) is 13.8 Å². The number of hydrogen-bond donors (Lipinski definition) is 1. The number of hydrogen-bond acceptors (Lipinski definition) is 4. The molecule has 166 valence electrons. The molecule has 3 rings (SSSR count). The van der Waals surface area contributed by atoms with Gasteiger partial charge in [0.05, 0.1) is 10.6 Å². The Hall–Kier alpha value is -2.67. The van der Waals surface area contributed by atoms with Crippen molar-refractivity contribution < 1.29 is 13.2 Å². The lowest BCUT2D eigenvalue weighted by Gasteiger charge is -2.24. The number of carbonyl (C=O) groups excluding carboxylic acids is 1. The van der Waals surface area contributed by atoms with Crippen LogP contribution in [0.15, 0.2) is 58.5 Å². The number of aryl methyl sites for hydroxylation is 1. The zero-order valence-corrected chi connectivity index (χ0v) is 19.3. The normalized spacial score (nSPS) is 14.4. The number of hydrazone groups is 1. The fraction of sp³-hybridized carbons (Fsp3) is 0.417.